The van der Waals surface area contributed by atoms with Gasteiger partial charge in [0.25, 0.3) is 0 Å². The highest BCUT2D eigenvalue weighted by molar-refractivity contribution is 6.33. The number of pyridine rings is 2. The molecule has 0 atom stereocenters. The first-order valence-corrected chi connectivity index (χ1v) is 5.47. The van der Waals surface area contributed by atoms with E-state index in [4.69, 9.17) is 17.3 Å². The summed E-state index contributed by atoms with van der Waals surface area (Å²) in [7, 11) is 0. The molecule has 0 saturated carbocycles. The predicted molar refractivity (Wildman–Crippen MR) is 67.8 cm³/mol. The third kappa shape index (κ3) is 1.62. The summed E-state index contributed by atoms with van der Waals surface area (Å²) >= 11 is 6.09. The fraction of sp³-hybridized carbons (Fsp3) is 0. The molecule has 17 heavy (non-hydrogen) atoms. The largest absolute Gasteiger partial charge is 0.399 e. The van der Waals surface area contributed by atoms with Crippen LogP contribution in [0.3, 0.4) is 0 Å². The number of halogens is 1. The fourth-order valence-corrected chi connectivity index (χ4v) is 1.99. The van der Waals surface area contributed by atoms with Gasteiger partial charge in [-0.1, -0.05) is 11.6 Å². The molecule has 3 aromatic heterocycles. The molecular formula is C12H9ClN4. The van der Waals surface area contributed by atoms with Crippen molar-refractivity contribution >= 4 is 22.8 Å². The van der Waals surface area contributed by atoms with Crippen LogP contribution in [0, 0.1) is 0 Å². The van der Waals surface area contributed by atoms with E-state index in [1.54, 1.807) is 18.5 Å². The van der Waals surface area contributed by atoms with Crippen LogP contribution in [-0.2, 0) is 0 Å². The van der Waals surface area contributed by atoms with Crippen LogP contribution in [-0.4, -0.2) is 14.4 Å². The Morgan fingerprint density at radius 2 is 2.18 bits per heavy atom. The Labute approximate surface area is 103 Å². The number of hydrogen-bond donors (Lipinski definition) is 1. The van der Waals surface area contributed by atoms with Crippen molar-refractivity contribution in [1.29, 1.82) is 0 Å². The minimum atomic E-state index is 0.441. The Morgan fingerprint density at radius 3 is 2.94 bits per heavy atom. The molecule has 3 rings (SSSR count). The van der Waals surface area contributed by atoms with Crippen molar-refractivity contribution in [1.82, 2.24) is 14.4 Å². The van der Waals surface area contributed by atoms with Crippen molar-refractivity contribution in [3.05, 3.63) is 48.0 Å². The molecule has 0 aliphatic rings. The number of nitrogen functional groups attached to an aromatic ring is 1. The van der Waals surface area contributed by atoms with Crippen LogP contribution in [0.5, 0.6) is 0 Å². The van der Waals surface area contributed by atoms with E-state index >= 15 is 0 Å². The minimum Gasteiger partial charge on any atom is -0.399 e. The van der Waals surface area contributed by atoms with Crippen molar-refractivity contribution < 1.29 is 0 Å². The molecule has 3 aromatic rings. The Balaban J connectivity index is 2.32. The van der Waals surface area contributed by atoms with Gasteiger partial charge in [-0.15, -0.1) is 0 Å². The number of hydrogen-bond acceptors (Lipinski definition) is 3. The van der Waals surface area contributed by atoms with Gasteiger partial charge in [-0.05, 0) is 24.3 Å². The van der Waals surface area contributed by atoms with E-state index in [0.29, 0.717) is 10.8 Å². The quantitative estimate of drug-likeness (QED) is 0.716. The summed E-state index contributed by atoms with van der Waals surface area (Å²) in [5.41, 5.74) is 8.11. The Hall–Kier alpha value is -2.07. The van der Waals surface area contributed by atoms with E-state index in [2.05, 4.69) is 9.97 Å². The molecule has 0 fully saturated rings. The van der Waals surface area contributed by atoms with Gasteiger partial charge >= 0.3 is 0 Å². The molecule has 3 heterocycles. The Morgan fingerprint density at radius 1 is 1.29 bits per heavy atom. The van der Waals surface area contributed by atoms with Crippen LogP contribution in [0.4, 0.5) is 5.69 Å². The van der Waals surface area contributed by atoms with Crippen LogP contribution in [0.1, 0.15) is 0 Å². The molecule has 0 bridgehead atoms. The monoisotopic (exact) mass is 244 g/mol. The van der Waals surface area contributed by atoms with Crippen molar-refractivity contribution in [3.8, 4) is 11.4 Å². The third-order valence-corrected chi connectivity index (χ3v) is 2.82. The standard InChI is InChI=1S/C12H9ClN4/c13-11-10-6-9(14)3-5-17(10)12(16-11)8-2-1-4-15-7-8/h1-7H,14H2. The number of imidazole rings is 1. The molecule has 0 amide bonds. The van der Waals surface area contributed by atoms with Crippen LogP contribution in [0.15, 0.2) is 42.9 Å². The summed E-state index contributed by atoms with van der Waals surface area (Å²) in [6.07, 6.45) is 5.33. The van der Waals surface area contributed by atoms with Gasteiger partial charge in [0.05, 0.1) is 5.52 Å². The maximum Gasteiger partial charge on any atom is 0.155 e. The highest BCUT2D eigenvalue weighted by atomic mass is 35.5. The molecule has 0 radical (unpaired) electrons. The molecule has 0 aromatic carbocycles. The normalized spacial score (nSPS) is 10.9. The van der Waals surface area contributed by atoms with Gasteiger partial charge in [-0.25, -0.2) is 4.98 Å². The summed E-state index contributed by atoms with van der Waals surface area (Å²) in [5, 5.41) is 0.441. The zero-order valence-electron chi connectivity index (χ0n) is 8.84. The van der Waals surface area contributed by atoms with E-state index < -0.39 is 0 Å². The summed E-state index contributed by atoms with van der Waals surface area (Å²) in [6, 6.07) is 7.41. The van der Waals surface area contributed by atoms with Crippen molar-refractivity contribution in [2.24, 2.45) is 0 Å². The number of fused-ring (bicyclic) bond motifs is 1. The number of nitrogens with zero attached hydrogens (tertiary/aromatic N) is 3. The number of rotatable bonds is 1. The zero-order chi connectivity index (χ0) is 11.8. The second kappa shape index (κ2) is 3.75. The Bertz CT molecular complexity index is 676. The van der Waals surface area contributed by atoms with Crippen LogP contribution in [0.2, 0.25) is 5.15 Å². The van der Waals surface area contributed by atoms with Gasteiger partial charge in [0.2, 0.25) is 0 Å². The maximum absolute atomic E-state index is 6.09. The number of anilines is 1. The van der Waals surface area contributed by atoms with Crippen molar-refractivity contribution in [2.75, 3.05) is 5.73 Å². The van der Waals surface area contributed by atoms with Crippen LogP contribution < -0.4 is 5.73 Å². The number of aromatic nitrogens is 3. The van der Waals surface area contributed by atoms with Gasteiger partial charge in [0, 0.05) is 29.8 Å². The summed E-state index contributed by atoms with van der Waals surface area (Å²) < 4.78 is 1.90. The molecule has 4 nitrogen and oxygen atoms in total. The molecule has 0 spiro atoms. The smallest absolute Gasteiger partial charge is 0.155 e. The molecule has 84 valence electrons. The van der Waals surface area contributed by atoms with Gasteiger partial charge in [-0.3, -0.25) is 9.38 Å². The van der Waals surface area contributed by atoms with E-state index in [0.717, 1.165) is 16.9 Å². The summed E-state index contributed by atoms with van der Waals surface area (Å²) in [6.45, 7) is 0. The molecule has 0 aliphatic carbocycles. The highest BCUT2D eigenvalue weighted by Gasteiger charge is 2.11. The molecule has 0 saturated heterocycles. The Kier molecular flexibility index (Phi) is 2.23. The topological polar surface area (TPSA) is 56.2 Å². The second-order valence-corrected chi connectivity index (χ2v) is 4.04. The lowest BCUT2D eigenvalue weighted by atomic mass is 10.3. The van der Waals surface area contributed by atoms with Crippen molar-refractivity contribution in [2.45, 2.75) is 0 Å². The van der Waals surface area contributed by atoms with Gasteiger partial charge in [0.15, 0.2) is 5.15 Å². The van der Waals surface area contributed by atoms with Crippen LogP contribution in [0.25, 0.3) is 16.9 Å². The van der Waals surface area contributed by atoms with E-state index in [-0.39, 0.29) is 0 Å². The summed E-state index contributed by atoms with van der Waals surface area (Å²) in [4.78, 5) is 8.41. The lowest BCUT2D eigenvalue weighted by molar-refractivity contribution is 1.15. The molecule has 2 N–H and O–H groups in total. The van der Waals surface area contributed by atoms with E-state index in [9.17, 15) is 0 Å². The van der Waals surface area contributed by atoms with E-state index in [1.807, 2.05) is 28.8 Å². The lowest BCUT2D eigenvalue weighted by Crippen LogP contribution is -1.91. The molecular weight excluding hydrogens is 236 g/mol. The molecule has 0 unspecified atom stereocenters. The first-order valence-electron chi connectivity index (χ1n) is 5.09. The fourth-order valence-electron chi connectivity index (χ4n) is 1.76. The second-order valence-electron chi connectivity index (χ2n) is 3.68. The zero-order valence-corrected chi connectivity index (χ0v) is 9.59. The lowest BCUT2D eigenvalue weighted by Gasteiger charge is -2.01. The van der Waals surface area contributed by atoms with E-state index in [1.165, 1.54) is 0 Å². The van der Waals surface area contributed by atoms with Gasteiger partial charge < -0.3 is 5.73 Å². The minimum absolute atomic E-state index is 0.441. The molecule has 5 heteroatoms. The van der Waals surface area contributed by atoms with Gasteiger partial charge in [-0.2, -0.15) is 0 Å². The SMILES string of the molecule is Nc1ccn2c(-c3cccnc3)nc(Cl)c2c1. The van der Waals surface area contributed by atoms with Gasteiger partial charge in [0.1, 0.15) is 5.82 Å². The first kappa shape index (κ1) is 10.1. The average Bonchev–Trinajstić information content (AvgIpc) is 2.68. The first-order chi connectivity index (χ1) is 8.25. The maximum atomic E-state index is 6.09. The molecule has 0 aliphatic heterocycles. The van der Waals surface area contributed by atoms with Crippen LogP contribution >= 0.6 is 11.6 Å². The summed E-state index contributed by atoms with van der Waals surface area (Å²) in [5.74, 6) is 0.762. The average molecular weight is 245 g/mol. The van der Waals surface area contributed by atoms with Crippen molar-refractivity contribution in [3.63, 3.8) is 0 Å². The highest BCUT2D eigenvalue weighted by Crippen LogP contribution is 2.26. The third-order valence-electron chi connectivity index (χ3n) is 2.54. The predicted octanol–water partition coefficient (Wildman–Crippen LogP) is 2.63. The number of nitrogens with two attached hydrogens (primary N) is 1.